The van der Waals surface area contributed by atoms with E-state index in [0.717, 1.165) is 29.8 Å². The Morgan fingerprint density at radius 2 is 1.95 bits per heavy atom. The van der Waals surface area contributed by atoms with E-state index in [-0.39, 0.29) is 5.91 Å². The highest BCUT2D eigenvalue weighted by molar-refractivity contribution is 7.14. The number of hydrogen-bond donors (Lipinski definition) is 1. The maximum absolute atomic E-state index is 12.4. The lowest BCUT2D eigenvalue weighted by Crippen LogP contribution is -2.10. The summed E-state index contributed by atoms with van der Waals surface area (Å²) >= 11 is 1.66. The van der Waals surface area contributed by atoms with E-state index in [4.69, 9.17) is 0 Å². The van der Waals surface area contributed by atoms with Gasteiger partial charge in [-0.05, 0) is 67.3 Å². The largest absolute Gasteiger partial charge is 0.321 e. The van der Waals surface area contributed by atoms with E-state index in [2.05, 4.69) is 37.4 Å². The summed E-state index contributed by atoms with van der Waals surface area (Å²) in [7, 11) is 0. The normalized spacial score (nSPS) is 15.2. The minimum absolute atomic E-state index is 0.0238. The van der Waals surface area contributed by atoms with Crippen molar-refractivity contribution in [3.8, 4) is 0 Å². The Hall–Kier alpha value is -1.61. The Morgan fingerprint density at radius 3 is 2.64 bits per heavy atom. The summed E-state index contributed by atoms with van der Waals surface area (Å²) in [5.41, 5.74) is 3.59. The maximum atomic E-state index is 12.4. The fraction of sp³-hybridized carbons (Fsp3) is 0.421. The van der Waals surface area contributed by atoms with Crippen LogP contribution in [0.1, 0.15) is 64.7 Å². The topological polar surface area (TPSA) is 29.1 Å². The average Bonchev–Trinajstić information content (AvgIpc) is 2.99. The van der Waals surface area contributed by atoms with Crippen molar-refractivity contribution in [2.24, 2.45) is 0 Å². The van der Waals surface area contributed by atoms with Crippen LogP contribution in [0.5, 0.6) is 0 Å². The summed E-state index contributed by atoms with van der Waals surface area (Å²) < 4.78 is 0. The third kappa shape index (κ3) is 3.25. The number of anilines is 1. The second-order valence-electron chi connectivity index (χ2n) is 6.15. The Labute approximate surface area is 136 Å². The van der Waals surface area contributed by atoms with Crippen molar-refractivity contribution in [2.45, 2.75) is 51.9 Å². The van der Waals surface area contributed by atoms with Gasteiger partial charge in [0.15, 0.2) is 0 Å². The van der Waals surface area contributed by atoms with Crippen LogP contribution < -0.4 is 5.32 Å². The van der Waals surface area contributed by atoms with Gasteiger partial charge in [0.05, 0.1) is 4.88 Å². The minimum Gasteiger partial charge on any atom is -0.321 e. The number of carbonyl (C=O) groups is 1. The molecule has 1 amide bonds. The van der Waals surface area contributed by atoms with E-state index in [1.54, 1.807) is 11.3 Å². The molecule has 0 unspecified atom stereocenters. The molecular weight excluding hydrogens is 290 g/mol. The molecule has 0 radical (unpaired) electrons. The Bertz CT molecular complexity index is 633. The number of thiophene rings is 1. The number of benzene rings is 1. The summed E-state index contributed by atoms with van der Waals surface area (Å²) in [6.07, 6.45) is 5.90. The fourth-order valence-electron chi connectivity index (χ4n) is 2.93. The molecule has 116 valence electrons. The van der Waals surface area contributed by atoms with Gasteiger partial charge in [0, 0.05) is 10.6 Å². The number of amides is 1. The molecule has 2 nitrogen and oxygen atoms in total. The molecule has 2 aromatic rings. The van der Waals surface area contributed by atoms with Crippen LogP contribution >= 0.6 is 11.3 Å². The van der Waals surface area contributed by atoms with Crippen LogP contribution in [-0.2, 0) is 12.8 Å². The molecule has 1 aromatic carbocycles. The van der Waals surface area contributed by atoms with Gasteiger partial charge in [-0.1, -0.05) is 26.0 Å². The summed E-state index contributed by atoms with van der Waals surface area (Å²) in [6.45, 7) is 4.42. The molecule has 1 aliphatic rings. The molecule has 1 N–H and O–H groups in total. The third-order valence-corrected chi connectivity index (χ3v) is 5.81. The van der Waals surface area contributed by atoms with Crippen LogP contribution in [0.25, 0.3) is 0 Å². The highest BCUT2D eigenvalue weighted by Crippen LogP contribution is 2.30. The van der Waals surface area contributed by atoms with E-state index in [0.29, 0.717) is 5.92 Å². The first kappa shape index (κ1) is 15.3. The molecule has 0 spiro atoms. The van der Waals surface area contributed by atoms with Gasteiger partial charge in [0.25, 0.3) is 5.91 Å². The molecule has 3 heteroatoms. The zero-order valence-electron chi connectivity index (χ0n) is 13.3. The molecule has 0 bridgehead atoms. The first-order chi connectivity index (χ1) is 10.7. The van der Waals surface area contributed by atoms with Crippen molar-refractivity contribution in [2.75, 3.05) is 5.32 Å². The molecule has 0 aliphatic heterocycles. The minimum atomic E-state index is 0.0238. The lowest BCUT2D eigenvalue weighted by molar-refractivity contribution is 0.103. The molecular formula is C19H23NOS. The van der Waals surface area contributed by atoms with Crippen LogP contribution in [0.3, 0.4) is 0 Å². The van der Waals surface area contributed by atoms with Crippen molar-refractivity contribution in [1.82, 2.24) is 0 Å². The second-order valence-corrected chi connectivity index (χ2v) is 7.29. The highest BCUT2D eigenvalue weighted by atomic mass is 32.1. The highest BCUT2D eigenvalue weighted by Gasteiger charge is 2.17. The van der Waals surface area contributed by atoms with Gasteiger partial charge >= 0.3 is 0 Å². The first-order valence-corrected chi connectivity index (χ1v) is 9.02. The van der Waals surface area contributed by atoms with Gasteiger partial charge in [-0.25, -0.2) is 0 Å². The third-order valence-electron chi connectivity index (χ3n) is 4.57. The zero-order chi connectivity index (χ0) is 15.5. The first-order valence-electron chi connectivity index (χ1n) is 8.20. The van der Waals surface area contributed by atoms with Crippen molar-refractivity contribution < 1.29 is 4.79 Å². The van der Waals surface area contributed by atoms with Gasteiger partial charge in [0.1, 0.15) is 0 Å². The van der Waals surface area contributed by atoms with E-state index in [9.17, 15) is 4.79 Å². The lowest BCUT2D eigenvalue weighted by Gasteiger charge is -2.10. The number of nitrogens with one attached hydrogen (secondary N) is 1. The number of carbonyl (C=O) groups excluding carboxylic acids is 1. The molecule has 1 heterocycles. The molecule has 1 atom stereocenters. The molecule has 0 saturated heterocycles. The SMILES string of the molecule is CC[C@H](C)c1ccc(NC(=O)c2cc3c(s2)CCCC3)cc1. The Morgan fingerprint density at radius 1 is 1.23 bits per heavy atom. The number of hydrogen-bond acceptors (Lipinski definition) is 2. The predicted octanol–water partition coefficient (Wildman–Crippen LogP) is 5.39. The summed E-state index contributed by atoms with van der Waals surface area (Å²) in [5, 5.41) is 3.02. The maximum Gasteiger partial charge on any atom is 0.265 e. The average molecular weight is 313 g/mol. The molecule has 3 rings (SSSR count). The second kappa shape index (κ2) is 6.66. The van der Waals surface area contributed by atoms with Crippen LogP contribution in [0.2, 0.25) is 0 Å². The van der Waals surface area contributed by atoms with E-state index < -0.39 is 0 Å². The zero-order valence-corrected chi connectivity index (χ0v) is 14.1. The number of rotatable bonds is 4. The Balaban J connectivity index is 1.70. The smallest absolute Gasteiger partial charge is 0.265 e. The lowest BCUT2D eigenvalue weighted by atomic mass is 9.98. The predicted molar refractivity (Wildman–Crippen MR) is 94.1 cm³/mol. The number of fused-ring (bicyclic) bond motifs is 1. The fourth-order valence-corrected chi connectivity index (χ4v) is 4.07. The summed E-state index contributed by atoms with van der Waals surface area (Å²) in [6, 6.07) is 10.3. The quantitative estimate of drug-likeness (QED) is 0.805. The van der Waals surface area contributed by atoms with E-state index in [1.165, 1.54) is 28.8 Å². The van der Waals surface area contributed by atoms with Crippen molar-refractivity contribution in [1.29, 1.82) is 0 Å². The number of aryl methyl sites for hydroxylation is 2. The van der Waals surface area contributed by atoms with Crippen LogP contribution in [-0.4, -0.2) is 5.91 Å². The molecule has 0 saturated carbocycles. The summed E-state index contributed by atoms with van der Waals surface area (Å²) in [4.78, 5) is 14.7. The molecule has 1 aliphatic carbocycles. The molecule has 1 aromatic heterocycles. The van der Waals surface area contributed by atoms with Gasteiger partial charge in [-0.15, -0.1) is 11.3 Å². The standard InChI is InChI=1S/C19H23NOS/c1-3-13(2)14-8-10-16(11-9-14)20-19(21)18-12-15-6-4-5-7-17(15)22-18/h8-13H,3-7H2,1-2H3,(H,20,21)/t13-/m0/s1. The van der Waals surface area contributed by atoms with Crippen molar-refractivity contribution >= 4 is 22.9 Å². The van der Waals surface area contributed by atoms with Gasteiger partial charge < -0.3 is 5.32 Å². The van der Waals surface area contributed by atoms with Crippen LogP contribution in [0.4, 0.5) is 5.69 Å². The van der Waals surface area contributed by atoms with Gasteiger partial charge in [-0.2, -0.15) is 0 Å². The van der Waals surface area contributed by atoms with Gasteiger partial charge in [0.2, 0.25) is 0 Å². The van der Waals surface area contributed by atoms with Gasteiger partial charge in [-0.3, -0.25) is 4.79 Å². The van der Waals surface area contributed by atoms with E-state index in [1.807, 2.05) is 12.1 Å². The summed E-state index contributed by atoms with van der Waals surface area (Å²) in [5.74, 6) is 0.587. The molecule has 0 fully saturated rings. The van der Waals surface area contributed by atoms with Crippen LogP contribution in [0.15, 0.2) is 30.3 Å². The Kier molecular flexibility index (Phi) is 4.63. The van der Waals surface area contributed by atoms with E-state index >= 15 is 0 Å². The molecule has 22 heavy (non-hydrogen) atoms. The monoisotopic (exact) mass is 313 g/mol. The van der Waals surface area contributed by atoms with Crippen molar-refractivity contribution in [3.63, 3.8) is 0 Å². The van der Waals surface area contributed by atoms with Crippen LogP contribution in [0, 0.1) is 0 Å². The van der Waals surface area contributed by atoms with Crippen molar-refractivity contribution in [3.05, 3.63) is 51.2 Å².